The third-order valence-electron chi connectivity index (χ3n) is 5.58. The van der Waals surface area contributed by atoms with Crippen LogP contribution >= 0.6 is 7.81 Å². The van der Waals surface area contributed by atoms with Gasteiger partial charge in [-0.3, -0.25) is 0 Å². The summed E-state index contributed by atoms with van der Waals surface area (Å²) >= 11 is 0. The second-order valence-electron chi connectivity index (χ2n) is 8.79. The zero-order valence-electron chi connectivity index (χ0n) is 19.5. The van der Waals surface area contributed by atoms with Crippen LogP contribution in [0.1, 0.15) is 36.1 Å². The number of para-hydroxylation sites is 1. The summed E-state index contributed by atoms with van der Waals surface area (Å²) in [4.78, 5) is 0. The van der Waals surface area contributed by atoms with Crippen LogP contribution in [0.15, 0.2) is 84.9 Å². The molecule has 0 atom stereocenters. The zero-order valence-corrected chi connectivity index (χ0v) is 20.4. The molecule has 0 aliphatic carbocycles. The normalized spacial score (nSPS) is 17.1. The monoisotopic (exact) mass is 509 g/mol. The fourth-order valence-electron chi connectivity index (χ4n) is 3.95. The molecule has 0 amide bonds. The minimum atomic E-state index is -10.7. The number of benzene rings is 3. The van der Waals surface area contributed by atoms with E-state index in [2.05, 4.69) is 123 Å². The van der Waals surface area contributed by atoms with Gasteiger partial charge in [-0.05, 0) is 36.6 Å². The third-order valence-corrected chi connectivity index (χ3v) is 5.58. The van der Waals surface area contributed by atoms with Crippen LogP contribution in [-0.2, 0) is 5.41 Å². The summed E-state index contributed by atoms with van der Waals surface area (Å²) in [5, 5.41) is 0. The molecule has 0 N–H and O–H groups in total. The Kier molecular flexibility index (Phi) is 6.64. The van der Waals surface area contributed by atoms with Crippen molar-refractivity contribution in [3.8, 4) is 0 Å². The van der Waals surface area contributed by atoms with E-state index in [9.17, 15) is 25.2 Å². The van der Waals surface area contributed by atoms with Gasteiger partial charge >= 0.3 is 33.0 Å². The van der Waals surface area contributed by atoms with Crippen LogP contribution in [0.3, 0.4) is 0 Å². The molecule has 1 aliphatic rings. The summed E-state index contributed by atoms with van der Waals surface area (Å²) in [6, 6.07) is 27.8. The van der Waals surface area contributed by atoms with Gasteiger partial charge in [0.2, 0.25) is 5.69 Å². The molecule has 3 aromatic carbocycles. The van der Waals surface area contributed by atoms with Gasteiger partial charge in [-0.2, -0.15) is 4.58 Å². The molecule has 1 nitrogen and oxygen atoms in total. The summed E-state index contributed by atoms with van der Waals surface area (Å²) < 4.78 is 61.5. The molecular weight excluding hydrogens is 483 g/mol. The van der Waals surface area contributed by atoms with E-state index in [-0.39, 0.29) is 5.41 Å². The van der Waals surface area contributed by atoms with Crippen molar-refractivity contribution in [1.82, 2.24) is 0 Å². The molecule has 0 aromatic heterocycles. The van der Waals surface area contributed by atoms with Crippen molar-refractivity contribution in [2.24, 2.45) is 0 Å². The van der Waals surface area contributed by atoms with E-state index >= 15 is 0 Å². The van der Waals surface area contributed by atoms with Crippen LogP contribution in [0.4, 0.5) is 30.9 Å². The molecule has 35 heavy (non-hydrogen) atoms. The molecule has 1 heterocycles. The number of allylic oxidation sites excluding steroid dienone is 1. The Balaban J connectivity index is 0.000000429. The molecule has 1 aliphatic heterocycles. The molecule has 0 saturated carbocycles. The first-order chi connectivity index (χ1) is 16.0. The Morgan fingerprint density at radius 1 is 0.600 bits per heavy atom. The average Bonchev–Trinajstić information content (AvgIpc) is 2.96. The standard InChI is InChI=1S/C27H26N.F6P/c1-27(2)24-11-7-8-12-25(24)28(3)26(27)20-19-23-17-15-22(16-18-23)14-13-21-9-5-4-6-10-21;1-7(2,3,4,5)6/h4-20H,1-3H3;/q+1;-1/b14-13+,20-19+;. The van der Waals surface area contributed by atoms with E-state index in [0.717, 1.165) is 0 Å². The van der Waals surface area contributed by atoms with E-state index in [1.54, 1.807) is 0 Å². The molecule has 0 saturated heterocycles. The third kappa shape index (κ3) is 8.22. The minimum absolute atomic E-state index is 0.0141. The van der Waals surface area contributed by atoms with Crippen LogP contribution in [0.2, 0.25) is 0 Å². The van der Waals surface area contributed by atoms with Crippen molar-refractivity contribution >= 4 is 37.4 Å². The second kappa shape index (κ2) is 8.80. The summed E-state index contributed by atoms with van der Waals surface area (Å²) in [6.07, 6.45) is 8.77. The fraction of sp³-hybridized carbons (Fsp3) is 0.148. The van der Waals surface area contributed by atoms with Crippen LogP contribution in [0, 0.1) is 0 Å². The Morgan fingerprint density at radius 3 is 1.49 bits per heavy atom. The molecule has 0 radical (unpaired) electrons. The molecule has 186 valence electrons. The molecule has 3 aromatic rings. The number of halogens is 6. The Morgan fingerprint density at radius 2 is 1.00 bits per heavy atom. The Hall–Kier alpha value is -3.18. The summed E-state index contributed by atoms with van der Waals surface area (Å²) in [7, 11) is -8.50. The average molecular weight is 509 g/mol. The molecule has 8 heteroatoms. The zero-order chi connectivity index (χ0) is 26.0. The number of fused-ring (bicyclic) bond motifs is 1. The Bertz CT molecular complexity index is 1280. The fourth-order valence-corrected chi connectivity index (χ4v) is 3.95. The first-order valence-corrected chi connectivity index (χ1v) is 12.8. The number of rotatable bonds is 4. The van der Waals surface area contributed by atoms with E-state index in [1.807, 2.05) is 6.07 Å². The maximum absolute atomic E-state index is 10.7. The predicted molar refractivity (Wildman–Crippen MR) is 135 cm³/mol. The van der Waals surface area contributed by atoms with Crippen molar-refractivity contribution in [1.29, 1.82) is 0 Å². The molecule has 0 fully saturated rings. The molecule has 0 spiro atoms. The van der Waals surface area contributed by atoms with Crippen molar-refractivity contribution in [2.75, 3.05) is 7.05 Å². The van der Waals surface area contributed by atoms with Crippen molar-refractivity contribution in [3.05, 3.63) is 107 Å². The number of hydrogen-bond donors (Lipinski definition) is 0. The van der Waals surface area contributed by atoms with Gasteiger partial charge in [0, 0.05) is 17.7 Å². The summed E-state index contributed by atoms with van der Waals surface area (Å²) in [5.74, 6) is 0. The van der Waals surface area contributed by atoms with E-state index in [0.29, 0.717) is 0 Å². The molecule has 0 unspecified atom stereocenters. The number of hydrogen-bond acceptors (Lipinski definition) is 0. The first-order valence-electron chi connectivity index (χ1n) is 10.8. The van der Waals surface area contributed by atoms with Gasteiger partial charge in [0.15, 0.2) is 5.71 Å². The van der Waals surface area contributed by atoms with Gasteiger partial charge in [0.25, 0.3) is 0 Å². The summed E-state index contributed by atoms with van der Waals surface area (Å²) in [6.45, 7) is 4.60. The van der Waals surface area contributed by atoms with E-state index < -0.39 is 7.81 Å². The van der Waals surface area contributed by atoms with Gasteiger partial charge in [-0.1, -0.05) is 84.9 Å². The first kappa shape index (κ1) is 26.4. The molecule has 0 bridgehead atoms. The topological polar surface area (TPSA) is 3.01 Å². The van der Waals surface area contributed by atoms with Gasteiger partial charge in [-0.15, -0.1) is 0 Å². The molecule has 4 rings (SSSR count). The SMILES string of the molecule is C[N+]1=C(/C=C/c2ccc(/C=C/c3ccccc3)cc2)C(C)(C)c2ccccc21.F[P-](F)(F)(F)(F)F. The van der Waals surface area contributed by atoms with E-state index in [4.69, 9.17) is 0 Å². The predicted octanol–water partition coefficient (Wildman–Crippen LogP) is 9.96. The van der Waals surface area contributed by atoms with Gasteiger partial charge < -0.3 is 0 Å². The van der Waals surface area contributed by atoms with Gasteiger partial charge in [0.05, 0.1) is 5.41 Å². The van der Waals surface area contributed by atoms with Crippen LogP contribution in [-0.4, -0.2) is 17.3 Å². The summed E-state index contributed by atoms with van der Waals surface area (Å²) in [5.41, 5.74) is 7.66. The van der Waals surface area contributed by atoms with Crippen LogP contribution in [0.25, 0.3) is 18.2 Å². The molecular formula is C27H26F6NP. The van der Waals surface area contributed by atoms with Crippen molar-refractivity contribution in [2.45, 2.75) is 19.3 Å². The van der Waals surface area contributed by atoms with Crippen LogP contribution < -0.4 is 0 Å². The van der Waals surface area contributed by atoms with Gasteiger partial charge in [-0.25, -0.2) is 0 Å². The Labute approximate surface area is 201 Å². The second-order valence-corrected chi connectivity index (χ2v) is 10.7. The van der Waals surface area contributed by atoms with Crippen molar-refractivity contribution < 1.29 is 29.8 Å². The van der Waals surface area contributed by atoms with Crippen LogP contribution in [0.5, 0.6) is 0 Å². The van der Waals surface area contributed by atoms with Gasteiger partial charge in [0.1, 0.15) is 7.05 Å². The maximum atomic E-state index is 9.87. The van der Waals surface area contributed by atoms with E-state index in [1.165, 1.54) is 33.7 Å². The number of nitrogens with zero attached hydrogens (tertiary/aromatic N) is 1. The quantitative estimate of drug-likeness (QED) is 0.143. The van der Waals surface area contributed by atoms with Crippen molar-refractivity contribution in [3.63, 3.8) is 0 Å².